The number of benzene rings is 1. The molecule has 2 N–H and O–H groups in total. The highest BCUT2D eigenvalue weighted by atomic mass is 16.2. The Morgan fingerprint density at radius 3 is 2.53 bits per heavy atom. The van der Waals surface area contributed by atoms with Crippen LogP contribution in [0.1, 0.15) is 32.8 Å². The fourth-order valence-electron chi connectivity index (χ4n) is 1.80. The maximum atomic E-state index is 11.8. The maximum absolute atomic E-state index is 11.8. The summed E-state index contributed by atoms with van der Waals surface area (Å²) in [5.41, 5.74) is 7.68. The lowest BCUT2D eigenvalue weighted by atomic mass is 10.1. The van der Waals surface area contributed by atoms with Crippen molar-refractivity contribution in [2.24, 2.45) is 5.92 Å². The smallest absolute Gasteiger partial charge is 0.222 e. The number of carbonyl (C=O) groups excluding carboxylic acids is 1. The molecule has 0 radical (unpaired) electrons. The van der Waals surface area contributed by atoms with Crippen molar-refractivity contribution >= 4 is 11.6 Å². The van der Waals surface area contributed by atoms with Gasteiger partial charge in [-0.05, 0) is 17.5 Å². The first kappa shape index (κ1) is 13.6. The van der Waals surface area contributed by atoms with E-state index in [2.05, 4.69) is 13.8 Å². The summed E-state index contributed by atoms with van der Waals surface area (Å²) < 4.78 is 0. The van der Waals surface area contributed by atoms with Crippen LogP contribution in [0, 0.1) is 5.92 Å². The minimum Gasteiger partial charge on any atom is -0.398 e. The minimum absolute atomic E-state index is 0.182. The first-order valence-corrected chi connectivity index (χ1v) is 6.15. The molecule has 1 amide bonds. The molecule has 0 saturated carbocycles. The number of nitrogen functional groups attached to an aromatic ring is 1. The first-order chi connectivity index (χ1) is 8.04. The number of hydrogen-bond acceptors (Lipinski definition) is 2. The number of para-hydroxylation sites is 1. The molecule has 94 valence electrons. The quantitative estimate of drug-likeness (QED) is 0.796. The molecule has 0 atom stereocenters. The van der Waals surface area contributed by atoms with Gasteiger partial charge in [0, 0.05) is 25.2 Å². The van der Waals surface area contributed by atoms with E-state index in [4.69, 9.17) is 5.73 Å². The van der Waals surface area contributed by atoms with Crippen molar-refractivity contribution in [2.75, 3.05) is 12.3 Å². The van der Waals surface area contributed by atoms with Gasteiger partial charge in [-0.15, -0.1) is 0 Å². The van der Waals surface area contributed by atoms with Crippen molar-refractivity contribution in [2.45, 2.75) is 33.7 Å². The van der Waals surface area contributed by atoms with Crippen LogP contribution in [0.25, 0.3) is 0 Å². The number of carbonyl (C=O) groups is 1. The molecule has 0 bridgehead atoms. The van der Waals surface area contributed by atoms with E-state index in [1.807, 2.05) is 36.1 Å². The van der Waals surface area contributed by atoms with Gasteiger partial charge < -0.3 is 10.6 Å². The highest BCUT2D eigenvalue weighted by molar-refractivity contribution is 5.76. The summed E-state index contributed by atoms with van der Waals surface area (Å²) in [6.07, 6.45) is 0.541. The van der Waals surface area contributed by atoms with Gasteiger partial charge in [0.1, 0.15) is 0 Å². The van der Waals surface area contributed by atoms with Gasteiger partial charge in [0.2, 0.25) is 5.91 Å². The third kappa shape index (κ3) is 4.10. The summed E-state index contributed by atoms with van der Waals surface area (Å²) in [7, 11) is 0. The van der Waals surface area contributed by atoms with Gasteiger partial charge in [-0.3, -0.25) is 4.79 Å². The van der Waals surface area contributed by atoms with E-state index in [9.17, 15) is 4.79 Å². The van der Waals surface area contributed by atoms with Crippen molar-refractivity contribution in [3.8, 4) is 0 Å². The van der Waals surface area contributed by atoms with Gasteiger partial charge in [-0.2, -0.15) is 0 Å². The second-order valence-corrected chi connectivity index (χ2v) is 4.72. The second kappa shape index (κ2) is 6.28. The van der Waals surface area contributed by atoms with Crippen LogP contribution < -0.4 is 5.73 Å². The Kier molecular flexibility index (Phi) is 5.01. The molecular weight excluding hydrogens is 212 g/mol. The zero-order chi connectivity index (χ0) is 12.8. The second-order valence-electron chi connectivity index (χ2n) is 4.72. The van der Waals surface area contributed by atoms with Crippen LogP contribution in [0.2, 0.25) is 0 Å². The Balaban J connectivity index is 2.79. The number of nitrogens with two attached hydrogens (primary N) is 1. The highest BCUT2D eigenvalue weighted by Crippen LogP contribution is 2.15. The molecule has 17 heavy (non-hydrogen) atoms. The van der Waals surface area contributed by atoms with E-state index in [1.165, 1.54) is 0 Å². The van der Waals surface area contributed by atoms with Crippen LogP contribution in [-0.4, -0.2) is 17.4 Å². The van der Waals surface area contributed by atoms with Gasteiger partial charge in [0.05, 0.1) is 0 Å². The predicted molar refractivity (Wildman–Crippen MR) is 71.4 cm³/mol. The molecule has 0 aliphatic carbocycles. The minimum atomic E-state index is 0.182. The molecule has 0 aliphatic rings. The Hall–Kier alpha value is -1.51. The average Bonchev–Trinajstić information content (AvgIpc) is 2.29. The molecule has 3 nitrogen and oxygen atoms in total. The molecule has 0 aliphatic heterocycles. The largest absolute Gasteiger partial charge is 0.398 e. The zero-order valence-corrected chi connectivity index (χ0v) is 10.9. The Bertz CT molecular complexity index is 374. The molecule has 0 heterocycles. The van der Waals surface area contributed by atoms with Crippen molar-refractivity contribution < 1.29 is 4.79 Å². The zero-order valence-electron chi connectivity index (χ0n) is 10.9. The molecule has 0 spiro atoms. The van der Waals surface area contributed by atoms with E-state index in [0.717, 1.165) is 17.8 Å². The topological polar surface area (TPSA) is 46.3 Å². The van der Waals surface area contributed by atoms with Crippen molar-refractivity contribution in [3.63, 3.8) is 0 Å². The lowest BCUT2D eigenvalue weighted by molar-refractivity contribution is -0.132. The van der Waals surface area contributed by atoms with Crippen LogP contribution in [0.3, 0.4) is 0 Å². The van der Waals surface area contributed by atoms with Gasteiger partial charge in [0.15, 0.2) is 0 Å². The lowest BCUT2D eigenvalue weighted by Crippen LogP contribution is -2.33. The predicted octanol–water partition coefficient (Wildman–Crippen LogP) is 2.66. The van der Waals surface area contributed by atoms with E-state index in [1.54, 1.807) is 0 Å². The molecule has 3 heteroatoms. The summed E-state index contributed by atoms with van der Waals surface area (Å²) in [6.45, 7) is 7.51. The third-order valence-corrected chi connectivity index (χ3v) is 2.66. The SMILES string of the molecule is CCC(=O)N(Cc1ccccc1N)CC(C)C. The lowest BCUT2D eigenvalue weighted by Gasteiger charge is -2.25. The Labute approximate surface area is 104 Å². The van der Waals surface area contributed by atoms with Gasteiger partial charge in [-0.25, -0.2) is 0 Å². The molecule has 1 aromatic carbocycles. The van der Waals surface area contributed by atoms with Gasteiger partial charge in [-0.1, -0.05) is 39.0 Å². The fraction of sp³-hybridized carbons (Fsp3) is 0.500. The van der Waals surface area contributed by atoms with Gasteiger partial charge in [0.25, 0.3) is 0 Å². The van der Waals surface area contributed by atoms with Crippen molar-refractivity contribution in [3.05, 3.63) is 29.8 Å². The molecule has 0 aromatic heterocycles. The van der Waals surface area contributed by atoms with E-state index in [0.29, 0.717) is 18.9 Å². The van der Waals surface area contributed by atoms with Crippen LogP contribution in [0.5, 0.6) is 0 Å². The number of amides is 1. The number of nitrogens with zero attached hydrogens (tertiary/aromatic N) is 1. The van der Waals surface area contributed by atoms with E-state index in [-0.39, 0.29) is 5.91 Å². The number of hydrogen-bond donors (Lipinski definition) is 1. The van der Waals surface area contributed by atoms with Crippen molar-refractivity contribution in [1.82, 2.24) is 4.90 Å². The monoisotopic (exact) mass is 234 g/mol. The third-order valence-electron chi connectivity index (χ3n) is 2.66. The van der Waals surface area contributed by atoms with Crippen LogP contribution in [0.15, 0.2) is 24.3 Å². The van der Waals surface area contributed by atoms with Crippen LogP contribution in [0.4, 0.5) is 5.69 Å². The standard InChI is InChI=1S/C14H22N2O/c1-4-14(17)16(9-11(2)3)10-12-7-5-6-8-13(12)15/h5-8,11H,4,9-10,15H2,1-3H3. The summed E-state index contributed by atoms with van der Waals surface area (Å²) in [5.74, 6) is 0.650. The first-order valence-electron chi connectivity index (χ1n) is 6.15. The van der Waals surface area contributed by atoms with E-state index >= 15 is 0 Å². The summed E-state index contributed by atoms with van der Waals surface area (Å²) in [6, 6.07) is 7.72. The summed E-state index contributed by atoms with van der Waals surface area (Å²) in [5, 5.41) is 0. The fourth-order valence-corrected chi connectivity index (χ4v) is 1.80. The Morgan fingerprint density at radius 1 is 1.35 bits per heavy atom. The van der Waals surface area contributed by atoms with Crippen molar-refractivity contribution in [1.29, 1.82) is 0 Å². The normalized spacial score (nSPS) is 10.6. The molecule has 0 unspecified atom stereocenters. The summed E-state index contributed by atoms with van der Waals surface area (Å²) in [4.78, 5) is 13.7. The number of rotatable bonds is 5. The maximum Gasteiger partial charge on any atom is 0.222 e. The molecule has 0 fully saturated rings. The average molecular weight is 234 g/mol. The Morgan fingerprint density at radius 2 is 2.00 bits per heavy atom. The van der Waals surface area contributed by atoms with E-state index < -0.39 is 0 Å². The molecule has 1 rings (SSSR count). The van der Waals surface area contributed by atoms with Gasteiger partial charge >= 0.3 is 0 Å². The van der Waals surface area contributed by atoms with Crippen LogP contribution in [-0.2, 0) is 11.3 Å². The highest BCUT2D eigenvalue weighted by Gasteiger charge is 2.14. The molecular formula is C14H22N2O. The van der Waals surface area contributed by atoms with Crippen LogP contribution >= 0.6 is 0 Å². The number of anilines is 1. The summed E-state index contributed by atoms with van der Waals surface area (Å²) >= 11 is 0. The molecule has 0 saturated heterocycles. The molecule has 1 aromatic rings.